The SMILES string of the molecule is CCN(CC)CCCC(C)CCO. The van der Waals surface area contributed by atoms with Gasteiger partial charge in [-0.15, -0.1) is 0 Å². The zero-order valence-electron chi connectivity index (χ0n) is 9.42. The third kappa shape index (κ3) is 7.03. The van der Waals surface area contributed by atoms with Crippen molar-refractivity contribution in [2.75, 3.05) is 26.2 Å². The Morgan fingerprint density at radius 1 is 1.15 bits per heavy atom. The largest absolute Gasteiger partial charge is 0.396 e. The molecule has 0 heterocycles. The van der Waals surface area contributed by atoms with Crippen LogP contribution < -0.4 is 0 Å². The molecule has 2 heteroatoms. The number of hydrogen-bond donors (Lipinski definition) is 1. The zero-order valence-corrected chi connectivity index (χ0v) is 9.42. The Hall–Kier alpha value is -0.0800. The first kappa shape index (κ1) is 12.9. The summed E-state index contributed by atoms with van der Waals surface area (Å²) in [7, 11) is 0. The molecular weight excluding hydrogens is 162 g/mol. The Bertz CT molecular complexity index is 102. The summed E-state index contributed by atoms with van der Waals surface area (Å²) in [5.74, 6) is 0.681. The van der Waals surface area contributed by atoms with Gasteiger partial charge in [0.05, 0.1) is 0 Å². The first-order valence-corrected chi connectivity index (χ1v) is 5.57. The van der Waals surface area contributed by atoms with E-state index in [0.717, 1.165) is 19.5 Å². The van der Waals surface area contributed by atoms with Crippen LogP contribution in [0.2, 0.25) is 0 Å². The quantitative estimate of drug-likeness (QED) is 0.629. The molecule has 2 nitrogen and oxygen atoms in total. The predicted octanol–water partition coefficient (Wildman–Crippen LogP) is 2.13. The summed E-state index contributed by atoms with van der Waals surface area (Å²) < 4.78 is 0. The molecule has 1 atom stereocenters. The maximum atomic E-state index is 8.73. The van der Waals surface area contributed by atoms with E-state index >= 15 is 0 Å². The van der Waals surface area contributed by atoms with Crippen molar-refractivity contribution < 1.29 is 5.11 Å². The highest BCUT2D eigenvalue weighted by atomic mass is 16.3. The summed E-state index contributed by atoms with van der Waals surface area (Å²) in [4.78, 5) is 2.45. The summed E-state index contributed by atoms with van der Waals surface area (Å²) in [6.07, 6.45) is 3.47. The lowest BCUT2D eigenvalue weighted by molar-refractivity contribution is 0.246. The number of hydrogen-bond acceptors (Lipinski definition) is 2. The summed E-state index contributed by atoms with van der Waals surface area (Å²) >= 11 is 0. The van der Waals surface area contributed by atoms with E-state index in [1.807, 2.05) is 0 Å². The summed E-state index contributed by atoms with van der Waals surface area (Å²) in [6.45, 7) is 10.5. The molecule has 13 heavy (non-hydrogen) atoms. The molecule has 0 fully saturated rings. The summed E-state index contributed by atoms with van der Waals surface area (Å²) in [5.41, 5.74) is 0. The average Bonchev–Trinajstić information content (AvgIpc) is 2.13. The van der Waals surface area contributed by atoms with Crippen LogP contribution in [-0.2, 0) is 0 Å². The van der Waals surface area contributed by atoms with Crippen molar-refractivity contribution in [1.29, 1.82) is 0 Å². The molecule has 0 radical (unpaired) electrons. The number of aliphatic hydroxyl groups excluding tert-OH is 1. The molecule has 0 aromatic rings. The topological polar surface area (TPSA) is 23.5 Å². The molecule has 1 N–H and O–H groups in total. The van der Waals surface area contributed by atoms with Crippen molar-refractivity contribution in [1.82, 2.24) is 4.90 Å². The number of rotatable bonds is 8. The first-order chi connectivity index (χ1) is 6.24. The van der Waals surface area contributed by atoms with Crippen molar-refractivity contribution >= 4 is 0 Å². The van der Waals surface area contributed by atoms with Crippen LogP contribution in [0.25, 0.3) is 0 Å². The van der Waals surface area contributed by atoms with Crippen LogP contribution in [0.15, 0.2) is 0 Å². The molecule has 0 aromatic carbocycles. The minimum atomic E-state index is 0.340. The van der Waals surface area contributed by atoms with Crippen LogP contribution in [0.3, 0.4) is 0 Å². The lowest BCUT2D eigenvalue weighted by atomic mass is 10.0. The van der Waals surface area contributed by atoms with E-state index in [1.165, 1.54) is 19.4 Å². The summed E-state index contributed by atoms with van der Waals surface area (Å²) in [6, 6.07) is 0. The van der Waals surface area contributed by atoms with Gasteiger partial charge in [-0.1, -0.05) is 20.8 Å². The van der Waals surface area contributed by atoms with E-state index in [2.05, 4.69) is 25.7 Å². The van der Waals surface area contributed by atoms with Gasteiger partial charge in [-0.05, 0) is 44.8 Å². The monoisotopic (exact) mass is 187 g/mol. The van der Waals surface area contributed by atoms with Gasteiger partial charge >= 0.3 is 0 Å². The highest BCUT2D eigenvalue weighted by molar-refractivity contribution is 4.57. The third-order valence-electron chi connectivity index (χ3n) is 2.69. The molecule has 0 spiro atoms. The van der Waals surface area contributed by atoms with Crippen molar-refractivity contribution in [3.05, 3.63) is 0 Å². The molecule has 0 aliphatic rings. The lowest BCUT2D eigenvalue weighted by Gasteiger charge is -2.18. The van der Waals surface area contributed by atoms with E-state index in [9.17, 15) is 0 Å². The molecular formula is C11H25NO. The minimum Gasteiger partial charge on any atom is -0.396 e. The third-order valence-corrected chi connectivity index (χ3v) is 2.69. The second-order valence-corrected chi connectivity index (χ2v) is 3.79. The first-order valence-electron chi connectivity index (χ1n) is 5.57. The van der Waals surface area contributed by atoms with Gasteiger partial charge in [-0.25, -0.2) is 0 Å². The molecule has 0 aliphatic heterocycles. The fourth-order valence-corrected chi connectivity index (χ4v) is 1.57. The van der Waals surface area contributed by atoms with Crippen LogP contribution in [-0.4, -0.2) is 36.2 Å². The van der Waals surface area contributed by atoms with Crippen LogP contribution >= 0.6 is 0 Å². The fraction of sp³-hybridized carbons (Fsp3) is 1.00. The Morgan fingerprint density at radius 3 is 2.23 bits per heavy atom. The van der Waals surface area contributed by atoms with E-state index < -0.39 is 0 Å². The van der Waals surface area contributed by atoms with Crippen LogP contribution in [0, 0.1) is 5.92 Å². The normalized spacial score (nSPS) is 13.6. The van der Waals surface area contributed by atoms with Gasteiger partial charge < -0.3 is 10.0 Å². The maximum absolute atomic E-state index is 8.73. The van der Waals surface area contributed by atoms with Crippen molar-refractivity contribution in [2.24, 2.45) is 5.92 Å². The lowest BCUT2D eigenvalue weighted by Crippen LogP contribution is -2.24. The second-order valence-electron chi connectivity index (χ2n) is 3.79. The second kappa shape index (κ2) is 8.52. The van der Waals surface area contributed by atoms with Crippen molar-refractivity contribution in [3.63, 3.8) is 0 Å². The minimum absolute atomic E-state index is 0.340. The van der Waals surface area contributed by atoms with Crippen molar-refractivity contribution in [3.8, 4) is 0 Å². The molecule has 0 saturated heterocycles. The molecule has 0 aromatic heterocycles. The van der Waals surface area contributed by atoms with E-state index in [0.29, 0.717) is 12.5 Å². The Balaban J connectivity index is 3.32. The van der Waals surface area contributed by atoms with Crippen LogP contribution in [0.5, 0.6) is 0 Å². The molecule has 0 amide bonds. The molecule has 0 aliphatic carbocycles. The van der Waals surface area contributed by atoms with Gasteiger partial charge in [0, 0.05) is 6.61 Å². The van der Waals surface area contributed by atoms with E-state index in [4.69, 9.17) is 5.11 Å². The average molecular weight is 187 g/mol. The molecule has 1 unspecified atom stereocenters. The van der Waals surface area contributed by atoms with Crippen LogP contribution in [0.1, 0.15) is 40.0 Å². The van der Waals surface area contributed by atoms with Gasteiger partial charge in [-0.2, -0.15) is 0 Å². The zero-order chi connectivity index (χ0) is 10.1. The maximum Gasteiger partial charge on any atom is 0.0433 e. The van der Waals surface area contributed by atoms with E-state index in [-0.39, 0.29) is 0 Å². The predicted molar refractivity (Wildman–Crippen MR) is 57.9 cm³/mol. The fourth-order valence-electron chi connectivity index (χ4n) is 1.57. The van der Waals surface area contributed by atoms with Crippen LogP contribution in [0.4, 0.5) is 0 Å². The van der Waals surface area contributed by atoms with Gasteiger partial charge in [0.2, 0.25) is 0 Å². The summed E-state index contributed by atoms with van der Waals surface area (Å²) in [5, 5.41) is 8.73. The molecule has 0 rings (SSSR count). The highest BCUT2D eigenvalue weighted by Crippen LogP contribution is 2.09. The Labute approximate surface area is 82.9 Å². The molecule has 0 bridgehead atoms. The van der Waals surface area contributed by atoms with Crippen molar-refractivity contribution in [2.45, 2.75) is 40.0 Å². The van der Waals surface area contributed by atoms with Gasteiger partial charge in [0.15, 0.2) is 0 Å². The smallest absolute Gasteiger partial charge is 0.0433 e. The standard InChI is InChI=1S/C11H25NO/c1-4-12(5-2)9-6-7-11(3)8-10-13/h11,13H,4-10H2,1-3H3. The van der Waals surface area contributed by atoms with Gasteiger partial charge in [0.1, 0.15) is 0 Å². The van der Waals surface area contributed by atoms with E-state index in [1.54, 1.807) is 0 Å². The Kier molecular flexibility index (Phi) is 8.46. The van der Waals surface area contributed by atoms with Gasteiger partial charge in [-0.3, -0.25) is 0 Å². The molecule has 80 valence electrons. The number of nitrogens with zero attached hydrogens (tertiary/aromatic N) is 1. The highest BCUT2D eigenvalue weighted by Gasteiger charge is 2.03. The van der Waals surface area contributed by atoms with Gasteiger partial charge in [0.25, 0.3) is 0 Å². The Morgan fingerprint density at radius 2 is 1.77 bits per heavy atom. The molecule has 0 saturated carbocycles. The number of aliphatic hydroxyl groups is 1.